The van der Waals surface area contributed by atoms with Crippen LogP contribution in [-0.4, -0.2) is 17.5 Å². The molecular weight excluding hydrogens is 300 g/mol. The molecule has 0 saturated heterocycles. The molecule has 0 saturated carbocycles. The SMILES string of the molecule is CCCOc1ccc(-c2cccc(C(=O)CC)c2Cl)cc1O. The minimum absolute atomic E-state index is 0.000953. The van der Waals surface area contributed by atoms with Crippen LogP contribution in [0.25, 0.3) is 11.1 Å². The fraction of sp³-hybridized carbons (Fsp3) is 0.278. The van der Waals surface area contributed by atoms with Crippen LogP contribution in [0.1, 0.15) is 37.0 Å². The van der Waals surface area contributed by atoms with Crippen molar-refractivity contribution in [2.24, 2.45) is 0 Å². The van der Waals surface area contributed by atoms with E-state index in [-0.39, 0.29) is 11.5 Å². The van der Waals surface area contributed by atoms with Crippen molar-refractivity contribution in [3.63, 3.8) is 0 Å². The molecular formula is C18H19ClO3. The lowest BCUT2D eigenvalue weighted by Crippen LogP contribution is -1.99. The van der Waals surface area contributed by atoms with E-state index in [2.05, 4.69) is 0 Å². The maximum absolute atomic E-state index is 11.9. The summed E-state index contributed by atoms with van der Waals surface area (Å²) in [6.07, 6.45) is 1.27. The summed E-state index contributed by atoms with van der Waals surface area (Å²) >= 11 is 6.36. The second-order valence-electron chi connectivity index (χ2n) is 4.97. The zero-order valence-electron chi connectivity index (χ0n) is 12.7. The minimum Gasteiger partial charge on any atom is -0.504 e. The minimum atomic E-state index is -0.000953. The van der Waals surface area contributed by atoms with Gasteiger partial charge in [-0.3, -0.25) is 4.79 Å². The average Bonchev–Trinajstić information content (AvgIpc) is 2.53. The Morgan fingerprint density at radius 3 is 2.64 bits per heavy atom. The van der Waals surface area contributed by atoms with E-state index in [1.807, 2.05) is 19.1 Å². The Morgan fingerprint density at radius 2 is 2.00 bits per heavy atom. The van der Waals surface area contributed by atoms with Crippen LogP contribution in [0.4, 0.5) is 0 Å². The molecule has 0 fully saturated rings. The van der Waals surface area contributed by atoms with E-state index in [0.717, 1.165) is 17.5 Å². The zero-order valence-corrected chi connectivity index (χ0v) is 13.5. The summed E-state index contributed by atoms with van der Waals surface area (Å²) in [5.74, 6) is 0.510. The first kappa shape index (κ1) is 16.4. The number of benzene rings is 2. The summed E-state index contributed by atoms with van der Waals surface area (Å²) in [6.45, 7) is 4.35. The largest absolute Gasteiger partial charge is 0.504 e. The van der Waals surface area contributed by atoms with Crippen molar-refractivity contribution in [3.05, 3.63) is 47.0 Å². The van der Waals surface area contributed by atoms with Crippen LogP contribution in [0.3, 0.4) is 0 Å². The molecule has 22 heavy (non-hydrogen) atoms. The third kappa shape index (κ3) is 3.42. The molecule has 0 bridgehead atoms. The van der Waals surface area contributed by atoms with Crippen molar-refractivity contribution in [3.8, 4) is 22.6 Å². The number of hydrogen-bond acceptors (Lipinski definition) is 3. The zero-order chi connectivity index (χ0) is 16.1. The molecule has 0 atom stereocenters. The lowest BCUT2D eigenvalue weighted by atomic mass is 10.00. The molecule has 116 valence electrons. The number of phenolic OH excluding ortho intramolecular Hbond substituents is 1. The van der Waals surface area contributed by atoms with E-state index in [9.17, 15) is 9.90 Å². The number of Topliss-reactive ketones (excluding diaryl/α,β-unsaturated/α-hetero) is 1. The molecule has 2 rings (SSSR count). The molecule has 1 N–H and O–H groups in total. The number of carbonyl (C=O) groups is 1. The van der Waals surface area contributed by atoms with Crippen LogP contribution in [0.5, 0.6) is 11.5 Å². The van der Waals surface area contributed by atoms with Crippen molar-refractivity contribution in [1.82, 2.24) is 0 Å². The molecule has 2 aromatic carbocycles. The van der Waals surface area contributed by atoms with Gasteiger partial charge in [0.05, 0.1) is 11.6 Å². The molecule has 2 aromatic rings. The van der Waals surface area contributed by atoms with Gasteiger partial charge >= 0.3 is 0 Å². The molecule has 3 nitrogen and oxygen atoms in total. The van der Waals surface area contributed by atoms with Gasteiger partial charge in [-0.05, 0) is 30.2 Å². The summed E-state index contributed by atoms with van der Waals surface area (Å²) in [7, 11) is 0. The summed E-state index contributed by atoms with van der Waals surface area (Å²) < 4.78 is 5.45. The predicted molar refractivity (Wildman–Crippen MR) is 89.0 cm³/mol. The number of ketones is 1. The Labute approximate surface area is 135 Å². The van der Waals surface area contributed by atoms with Gasteiger partial charge in [0.2, 0.25) is 0 Å². The second kappa shape index (κ2) is 7.32. The highest BCUT2D eigenvalue weighted by Gasteiger charge is 2.14. The van der Waals surface area contributed by atoms with Gasteiger partial charge in [0, 0.05) is 17.5 Å². The summed E-state index contributed by atoms with van der Waals surface area (Å²) in [5.41, 5.74) is 1.97. The van der Waals surface area contributed by atoms with Gasteiger partial charge in [0.25, 0.3) is 0 Å². The highest BCUT2D eigenvalue weighted by atomic mass is 35.5. The normalized spacial score (nSPS) is 10.5. The fourth-order valence-corrected chi connectivity index (χ4v) is 2.52. The molecule has 4 heteroatoms. The number of ether oxygens (including phenoxy) is 1. The number of phenols is 1. The molecule has 0 spiro atoms. The smallest absolute Gasteiger partial charge is 0.164 e. The van der Waals surface area contributed by atoms with Crippen LogP contribution in [0.15, 0.2) is 36.4 Å². The fourth-order valence-electron chi connectivity index (χ4n) is 2.18. The third-order valence-corrected chi connectivity index (χ3v) is 3.76. The molecule has 0 radical (unpaired) electrons. The summed E-state index contributed by atoms with van der Waals surface area (Å²) in [4.78, 5) is 11.9. The van der Waals surface area contributed by atoms with E-state index in [4.69, 9.17) is 16.3 Å². The van der Waals surface area contributed by atoms with Gasteiger partial charge in [-0.25, -0.2) is 0 Å². The van der Waals surface area contributed by atoms with E-state index in [1.165, 1.54) is 0 Å². The van der Waals surface area contributed by atoms with Gasteiger partial charge in [0.15, 0.2) is 17.3 Å². The average molecular weight is 319 g/mol. The molecule has 0 heterocycles. The number of halogens is 1. The number of rotatable bonds is 6. The van der Waals surface area contributed by atoms with E-state index in [1.54, 1.807) is 31.2 Å². The number of carbonyl (C=O) groups excluding carboxylic acids is 1. The van der Waals surface area contributed by atoms with E-state index < -0.39 is 0 Å². The Kier molecular flexibility index (Phi) is 5.45. The highest BCUT2D eigenvalue weighted by Crippen LogP contribution is 2.36. The Balaban J connectivity index is 2.40. The first-order chi connectivity index (χ1) is 10.6. The lowest BCUT2D eigenvalue weighted by Gasteiger charge is -2.11. The highest BCUT2D eigenvalue weighted by molar-refractivity contribution is 6.36. The quantitative estimate of drug-likeness (QED) is 0.754. The molecule has 0 unspecified atom stereocenters. The molecule has 0 aliphatic heterocycles. The van der Waals surface area contributed by atoms with Crippen LogP contribution >= 0.6 is 11.6 Å². The van der Waals surface area contributed by atoms with Crippen molar-refractivity contribution in [1.29, 1.82) is 0 Å². The maximum Gasteiger partial charge on any atom is 0.164 e. The third-order valence-electron chi connectivity index (χ3n) is 3.35. The van der Waals surface area contributed by atoms with Crippen LogP contribution < -0.4 is 4.74 Å². The second-order valence-corrected chi connectivity index (χ2v) is 5.35. The maximum atomic E-state index is 11.9. The Morgan fingerprint density at radius 1 is 1.23 bits per heavy atom. The molecule has 0 amide bonds. The first-order valence-electron chi connectivity index (χ1n) is 7.36. The number of hydrogen-bond donors (Lipinski definition) is 1. The Bertz CT molecular complexity index is 680. The molecule has 0 aliphatic carbocycles. The standard InChI is InChI=1S/C18H19ClO3/c1-3-10-22-17-9-8-12(11-16(17)21)13-6-5-7-14(18(13)19)15(20)4-2/h5-9,11,21H,3-4,10H2,1-2H3. The summed E-state index contributed by atoms with van der Waals surface area (Å²) in [6, 6.07) is 10.5. The van der Waals surface area contributed by atoms with Gasteiger partial charge in [0.1, 0.15) is 0 Å². The summed E-state index contributed by atoms with van der Waals surface area (Å²) in [5, 5.41) is 10.5. The molecule has 0 aliphatic rings. The predicted octanol–water partition coefficient (Wildman–Crippen LogP) is 5.09. The van der Waals surface area contributed by atoms with Crippen molar-refractivity contribution in [2.45, 2.75) is 26.7 Å². The van der Waals surface area contributed by atoms with Gasteiger partial charge in [-0.2, -0.15) is 0 Å². The lowest BCUT2D eigenvalue weighted by molar-refractivity contribution is 0.0988. The van der Waals surface area contributed by atoms with E-state index >= 15 is 0 Å². The molecule has 0 aromatic heterocycles. The topological polar surface area (TPSA) is 46.5 Å². The van der Waals surface area contributed by atoms with E-state index in [0.29, 0.717) is 29.4 Å². The van der Waals surface area contributed by atoms with Crippen molar-refractivity contribution >= 4 is 17.4 Å². The van der Waals surface area contributed by atoms with Crippen molar-refractivity contribution in [2.75, 3.05) is 6.61 Å². The first-order valence-corrected chi connectivity index (χ1v) is 7.74. The Hall–Kier alpha value is -2.00. The van der Waals surface area contributed by atoms with Crippen LogP contribution in [0, 0.1) is 0 Å². The van der Waals surface area contributed by atoms with Gasteiger partial charge < -0.3 is 9.84 Å². The van der Waals surface area contributed by atoms with Gasteiger partial charge in [-0.1, -0.05) is 43.6 Å². The van der Waals surface area contributed by atoms with Crippen LogP contribution in [0.2, 0.25) is 5.02 Å². The number of aromatic hydroxyl groups is 1. The van der Waals surface area contributed by atoms with Gasteiger partial charge in [-0.15, -0.1) is 0 Å². The van der Waals surface area contributed by atoms with Crippen LogP contribution in [-0.2, 0) is 0 Å². The monoisotopic (exact) mass is 318 g/mol. The van der Waals surface area contributed by atoms with Crippen molar-refractivity contribution < 1.29 is 14.6 Å².